The van der Waals surface area contributed by atoms with Crippen molar-refractivity contribution in [3.8, 4) is 0 Å². The first-order chi connectivity index (χ1) is 5.22. The standard InChI is InChI=1S/C8H17NO2/c1-3-7(2)8(11)9-5-4-6-10/h7,10H,3-6H2,1-2H3,(H,9,11). The fraction of sp³-hybridized carbons (Fsp3) is 0.875. The zero-order valence-corrected chi connectivity index (χ0v) is 7.26. The Kier molecular flexibility index (Phi) is 5.84. The first-order valence-electron chi connectivity index (χ1n) is 4.11. The Balaban J connectivity index is 3.36. The molecule has 0 fully saturated rings. The van der Waals surface area contributed by atoms with Gasteiger partial charge in [0.1, 0.15) is 0 Å². The molecule has 3 nitrogen and oxygen atoms in total. The lowest BCUT2D eigenvalue weighted by atomic mass is 10.1. The molecule has 0 saturated heterocycles. The zero-order valence-electron chi connectivity index (χ0n) is 7.26. The first kappa shape index (κ1) is 10.4. The van der Waals surface area contributed by atoms with Crippen molar-refractivity contribution in [1.29, 1.82) is 0 Å². The van der Waals surface area contributed by atoms with Crippen LogP contribution in [-0.2, 0) is 4.79 Å². The molecule has 0 aromatic rings. The first-order valence-corrected chi connectivity index (χ1v) is 4.11. The molecule has 3 heteroatoms. The molecule has 0 spiro atoms. The maximum atomic E-state index is 11.1. The molecule has 1 unspecified atom stereocenters. The number of hydrogen-bond acceptors (Lipinski definition) is 2. The van der Waals surface area contributed by atoms with E-state index in [0.29, 0.717) is 13.0 Å². The van der Waals surface area contributed by atoms with E-state index in [-0.39, 0.29) is 18.4 Å². The van der Waals surface area contributed by atoms with Crippen LogP contribution in [0.5, 0.6) is 0 Å². The van der Waals surface area contributed by atoms with Crippen molar-refractivity contribution >= 4 is 5.91 Å². The van der Waals surface area contributed by atoms with E-state index in [1.54, 1.807) is 0 Å². The van der Waals surface area contributed by atoms with Crippen molar-refractivity contribution in [3.05, 3.63) is 0 Å². The van der Waals surface area contributed by atoms with Gasteiger partial charge in [-0.1, -0.05) is 13.8 Å². The quantitative estimate of drug-likeness (QED) is 0.575. The molecule has 0 bridgehead atoms. The summed E-state index contributed by atoms with van der Waals surface area (Å²) < 4.78 is 0. The van der Waals surface area contributed by atoms with Gasteiger partial charge in [-0.05, 0) is 12.8 Å². The average molecular weight is 159 g/mol. The van der Waals surface area contributed by atoms with Crippen molar-refractivity contribution in [1.82, 2.24) is 5.32 Å². The molecule has 0 radical (unpaired) electrons. The number of carbonyl (C=O) groups excluding carboxylic acids is 1. The molecule has 0 saturated carbocycles. The Morgan fingerprint density at radius 3 is 2.73 bits per heavy atom. The second-order valence-electron chi connectivity index (χ2n) is 2.68. The van der Waals surface area contributed by atoms with Crippen LogP contribution in [0.25, 0.3) is 0 Å². The Morgan fingerprint density at radius 2 is 2.27 bits per heavy atom. The van der Waals surface area contributed by atoms with Crippen LogP contribution in [0.3, 0.4) is 0 Å². The number of rotatable bonds is 5. The van der Waals surface area contributed by atoms with Crippen molar-refractivity contribution in [2.75, 3.05) is 13.2 Å². The highest BCUT2D eigenvalue weighted by molar-refractivity contribution is 5.78. The van der Waals surface area contributed by atoms with Crippen LogP contribution < -0.4 is 5.32 Å². The molecule has 66 valence electrons. The van der Waals surface area contributed by atoms with Crippen LogP contribution in [0, 0.1) is 5.92 Å². The smallest absolute Gasteiger partial charge is 0.222 e. The summed E-state index contributed by atoms with van der Waals surface area (Å²) in [5.74, 6) is 0.176. The molecule has 1 amide bonds. The van der Waals surface area contributed by atoms with E-state index in [9.17, 15) is 4.79 Å². The van der Waals surface area contributed by atoms with Crippen LogP contribution >= 0.6 is 0 Å². The lowest BCUT2D eigenvalue weighted by Gasteiger charge is -2.08. The third kappa shape index (κ3) is 4.79. The summed E-state index contributed by atoms with van der Waals surface area (Å²) >= 11 is 0. The number of aliphatic hydroxyl groups excluding tert-OH is 1. The highest BCUT2D eigenvalue weighted by Gasteiger charge is 2.08. The van der Waals surface area contributed by atoms with Gasteiger partial charge in [-0.3, -0.25) is 4.79 Å². The molecule has 2 N–H and O–H groups in total. The second kappa shape index (κ2) is 6.16. The van der Waals surface area contributed by atoms with Crippen molar-refractivity contribution in [2.45, 2.75) is 26.7 Å². The highest BCUT2D eigenvalue weighted by Crippen LogP contribution is 1.98. The zero-order chi connectivity index (χ0) is 8.69. The summed E-state index contributed by atoms with van der Waals surface area (Å²) in [7, 11) is 0. The third-order valence-corrected chi connectivity index (χ3v) is 1.69. The maximum Gasteiger partial charge on any atom is 0.222 e. The van der Waals surface area contributed by atoms with E-state index in [4.69, 9.17) is 5.11 Å². The molecule has 0 rings (SSSR count). The van der Waals surface area contributed by atoms with Gasteiger partial charge in [0.15, 0.2) is 0 Å². The minimum atomic E-state index is 0.0842. The Labute approximate surface area is 67.8 Å². The molecule has 0 aromatic heterocycles. The van der Waals surface area contributed by atoms with Gasteiger partial charge < -0.3 is 10.4 Å². The van der Waals surface area contributed by atoms with Crippen LogP contribution in [0.4, 0.5) is 0 Å². The lowest BCUT2D eigenvalue weighted by molar-refractivity contribution is -0.124. The molecule has 0 aliphatic heterocycles. The molecule has 0 aliphatic carbocycles. The van der Waals surface area contributed by atoms with Crippen molar-refractivity contribution in [3.63, 3.8) is 0 Å². The van der Waals surface area contributed by atoms with Gasteiger partial charge in [0.2, 0.25) is 5.91 Å². The largest absolute Gasteiger partial charge is 0.396 e. The SMILES string of the molecule is CCC(C)C(=O)NCCCO. The minimum Gasteiger partial charge on any atom is -0.396 e. The van der Waals surface area contributed by atoms with Gasteiger partial charge in [-0.2, -0.15) is 0 Å². The lowest BCUT2D eigenvalue weighted by Crippen LogP contribution is -2.29. The van der Waals surface area contributed by atoms with E-state index >= 15 is 0 Å². The van der Waals surface area contributed by atoms with Crippen LogP contribution in [0.2, 0.25) is 0 Å². The molecule has 0 aromatic carbocycles. The van der Waals surface area contributed by atoms with Crippen molar-refractivity contribution in [2.24, 2.45) is 5.92 Å². The van der Waals surface area contributed by atoms with Gasteiger partial charge in [0.25, 0.3) is 0 Å². The average Bonchev–Trinajstić information content (AvgIpc) is 2.03. The summed E-state index contributed by atoms with van der Waals surface area (Å²) in [6.45, 7) is 4.60. The predicted molar refractivity (Wildman–Crippen MR) is 44.2 cm³/mol. The van der Waals surface area contributed by atoms with Gasteiger partial charge in [0.05, 0.1) is 0 Å². The number of aliphatic hydroxyl groups is 1. The topological polar surface area (TPSA) is 49.3 Å². The maximum absolute atomic E-state index is 11.1. The number of carbonyl (C=O) groups is 1. The monoisotopic (exact) mass is 159 g/mol. The Morgan fingerprint density at radius 1 is 1.64 bits per heavy atom. The molecule has 1 atom stereocenters. The van der Waals surface area contributed by atoms with E-state index in [1.165, 1.54) is 0 Å². The normalized spacial score (nSPS) is 12.6. The van der Waals surface area contributed by atoms with Gasteiger partial charge >= 0.3 is 0 Å². The van der Waals surface area contributed by atoms with E-state index in [2.05, 4.69) is 5.32 Å². The van der Waals surface area contributed by atoms with E-state index in [0.717, 1.165) is 6.42 Å². The summed E-state index contributed by atoms with van der Waals surface area (Å²) in [5.41, 5.74) is 0. The molecular weight excluding hydrogens is 142 g/mol. The predicted octanol–water partition coefficient (Wildman–Crippen LogP) is 0.531. The summed E-state index contributed by atoms with van der Waals surface area (Å²) in [4.78, 5) is 11.1. The number of amides is 1. The van der Waals surface area contributed by atoms with Crippen LogP contribution in [0.15, 0.2) is 0 Å². The minimum absolute atomic E-state index is 0.0842. The van der Waals surface area contributed by atoms with Crippen LogP contribution in [-0.4, -0.2) is 24.2 Å². The molecule has 0 heterocycles. The summed E-state index contributed by atoms with van der Waals surface area (Å²) in [5, 5.41) is 11.2. The van der Waals surface area contributed by atoms with Crippen LogP contribution in [0.1, 0.15) is 26.7 Å². The summed E-state index contributed by atoms with van der Waals surface area (Å²) in [6, 6.07) is 0. The number of nitrogens with one attached hydrogen (secondary N) is 1. The Bertz CT molecular complexity index is 115. The van der Waals surface area contributed by atoms with Crippen molar-refractivity contribution < 1.29 is 9.90 Å². The molecule has 11 heavy (non-hydrogen) atoms. The fourth-order valence-electron chi connectivity index (χ4n) is 0.650. The molecular formula is C8H17NO2. The number of hydrogen-bond donors (Lipinski definition) is 2. The van der Waals surface area contributed by atoms with Gasteiger partial charge in [0, 0.05) is 19.1 Å². The third-order valence-electron chi connectivity index (χ3n) is 1.69. The van der Waals surface area contributed by atoms with Gasteiger partial charge in [-0.25, -0.2) is 0 Å². The molecule has 0 aliphatic rings. The van der Waals surface area contributed by atoms with E-state index in [1.807, 2.05) is 13.8 Å². The summed E-state index contributed by atoms with van der Waals surface area (Å²) in [6.07, 6.45) is 1.51. The van der Waals surface area contributed by atoms with Gasteiger partial charge in [-0.15, -0.1) is 0 Å². The second-order valence-corrected chi connectivity index (χ2v) is 2.68. The fourth-order valence-corrected chi connectivity index (χ4v) is 0.650. The Hall–Kier alpha value is -0.570. The van der Waals surface area contributed by atoms with E-state index < -0.39 is 0 Å². The highest BCUT2D eigenvalue weighted by atomic mass is 16.3.